The molecular weight excluding hydrogens is 294 g/mol. The maximum atomic E-state index is 12.6. The number of hydrogen-bond acceptors (Lipinski definition) is 4. The molecule has 0 amide bonds. The molecule has 0 saturated heterocycles. The second kappa shape index (κ2) is 5.88. The number of sulfonamides is 1. The number of hydrogen-bond donors (Lipinski definition) is 0. The first kappa shape index (κ1) is 14.9. The Balaban J connectivity index is 2.43. The Morgan fingerprint density at radius 1 is 1.35 bits per heavy atom. The van der Waals surface area contributed by atoms with E-state index in [1.54, 1.807) is 24.0 Å². The van der Waals surface area contributed by atoms with Crippen molar-refractivity contribution in [1.82, 2.24) is 9.78 Å². The SMILES string of the molecule is CCn1cc(S(=O)(=O)N(C)c2ccccc2SC)cn1. The molecule has 108 valence electrons. The third-order valence-corrected chi connectivity index (χ3v) is 5.53. The van der Waals surface area contributed by atoms with E-state index in [0.717, 1.165) is 4.90 Å². The highest BCUT2D eigenvalue weighted by Gasteiger charge is 2.24. The van der Waals surface area contributed by atoms with Crippen LogP contribution in [-0.4, -0.2) is 31.5 Å². The summed E-state index contributed by atoms with van der Waals surface area (Å²) in [5.41, 5.74) is 0.671. The van der Waals surface area contributed by atoms with Crippen LogP contribution in [0, 0.1) is 0 Å². The zero-order chi connectivity index (χ0) is 14.8. The molecule has 0 fully saturated rings. The maximum absolute atomic E-state index is 12.6. The second-order valence-corrected chi connectivity index (χ2v) is 6.99. The monoisotopic (exact) mass is 311 g/mol. The summed E-state index contributed by atoms with van der Waals surface area (Å²) in [6, 6.07) is 7.43. The normalized spacial score (nSPS) is 11.6. The fraction of sp³-hybridized carbons (Fsp3) is 0.308. The lowest BCUT2D eigenvalue weighted by Crippen LogP contribution is -2.26. The van der Waals surface area contributed by atoms with Crippen molar-refractivity contribution in [2.24, 2.45) is 0 Å². The predicted molar refractivity (Wildman–Crippen MR) is 81.7 cm³/mol. The van der Waals surface area contributed by atoms with Gasteiger partial charge in [0.15, 0.2) is 0 Å². The summed E-state index contributed by atoms with van der Waals surface area (Å²) < 4.78 is 28.1. The van der Waals surface area contributed by atoms with Crippen molar-refractivity contribution >= 4 is 27.5 Å². The number of aryl methyl sites for hydroxylation is 1. The molecule has 7 heteroatoms. The molecule has 1 aromatic carbocycles. The van der Waals surface area contributed by atoms with E-state index >= 15 is 0 Å². The van der Waals surface area contributed by atoms with Gasteiger partial charge in [-0.25, -0.2) is 8.42 Å². The van der Waals surface area contributed by atoms with Gasteiger partial charge in [-0.2, -0.15) is 5.10 Å². The summed E-state index contributed by atoms with van der Waals surface area (Å²) in [6.07, 6.45) is 4.86. The highest BCUT2D eigenvalue weighted by Crippen LogP contribution is 2.30. The molecule has 0 N–H and O–H groups in total. The molecule has 1 heterocycles. The highest BCUT2D eigenvalue weighted by molar-refractivity contribution is 7.99. The van der Waals surface area contributed by atoms with Crippen molar-refractivity contribution in [1.29, 1.82) is 0 Å². The molecule has 0 atom stereocenters. The van der Waals surface area contributed by atoms with Gasteiger partial charge in [0.05, 0.1) is 11.9 Å². The largest absolute Gasteiger partial charge is 0.272 e. The number of nitrogens with zero attached hydrogens (tertiary/aromatic N) is 3. The van der Waals surface area contributed by atoms with Crippen molar-refractivity contribution in [2.45, 2.75) is 23.3 Å². The van der Waals surface area contributed by atoms with Gasteiger partial charge in [-0.1, -0.05) is 12.1 Å². The number of benzene rings is 1. The third-order valence-electron chi connectivity index (χ3n) is 3.02. The van der Waals surface area contributed by atoms with E-state index in [0.29, 0.717) is 12.2 Å². The Morgan fingerprint density at radius 3 is 2.65 bits per heavy atom. The van der Waals surface area contributed by atoms with E-state index < -0.39 is 10.0 Å². The van der Waals surface area contributed by atoms with Gasteiger partial charge >= 0.3 is 0 Å². The molecule has 0 spiro atoms. The van der Waals surface area contributed by atoms with E-state index in [9.17, 15) is 8.42 Å². The first-order valence-electron chi connectivity index (χ1n) is 6.15. The molecule has 0 radical (unpaired) electrons. The first-order chi connectivity index (χ1) is 9.50. The fourth-order valence-electron chi connectivity index (χ4n) is 1.83. The Hall–Kier alpha value is -1.47. The Bertz CT molecular complexity index is 695. The lowest BCUT2D eigenvalue weighted by molar-refractivity contribution is 0.593. The topological polar surface area (TPSA) is 55.2 Å². The number of thioether (sulfide) groups is 1. The Kier molecular flexibility index (Phi) is 4.39. The van der Waals surface area contributed by atoms with E-state index in [1.165, 1.54) is 22.3 Å². The van der Waals surface area contributed by atoms with Crippen LogP contribution in [-0.2, 0) is 16.6 Å². The predicted octanol–water partition coefficient (Wildman–Crippen LogP) is 2.45. The molecule has 5 nitrogen and oxygen atoms in total. The van der Waals surface area contributed by atoms with Crippen LogP contribution in [0.5, 0.6) is 0 Å². The fourth-order valence-corrected chi connectivity index (χ4v) is 3.68. The van der Waals surface area contributed by atoms with Crippen LogP contribution in [0.3, 0.4) is 0 Å². The summed E-state index contributed by atoms with van der Waals surface area (Å²) in [7, 11) is -2.01. The minimum Gasteiger partial charge on any atom is -0.272 e. The van der Waals surface area contributed by atoms with Crippen LogP contribution in [0.15, 0.2) is 46.5 Å². The number of para-hydroxylation sites is 1. The van der Waals surface area contributed by atoms with Crippen molar-refractivity contribution in [2.75, 3.05) is 17.6 Å². The first-order valence-corrected chi connectivity index (χ1v) is 8.81. The smallest absolute Gasteiger partial charge is 0.267 e. The number of anilines is 1. The quantitative estimate of drug-likeness (QED) is 0.796. The number of aromatic nitrogens is 2. The molecule has 0 unspecified atom stereocenters. The van der Waals surface area contributed by atoms with Crippen molar-refractivity contribution < 1.29 is 8.42 Å². The van der Waals surface area contributed by atoms with Crippen LogP contribution in [0.2, 0.25) is 0 Å². The molecule has 2 aromatic rings. The van der Waals surface area contributed by atoms with E-state index in [-0.39, 0.29) is 4.90 Å². The van der Waals surface area contributed by atoms with Crippen LogP contribution < -0.4 is 4.31 Å². The highest BCUT2D eigenvalue weighted by atomic mass is 32.2. The summed E-state index contributed by atoms with van der Waals surface area (Å²) in [5.74, 6) is 0. The summed E-state index contributed by atoms with van der Waals surface area (Å²) in [4.78, 5) is 1.12. The molecule has 1 aromatic heterocycles. The molecular formula is C13H17N3O2S2. The lowest BCUT2D eigenvalue weighted by atomic mass is 10.3. The van der Waals surface area contributed by atoms with Gasteiger partial charge in [0.1, 0.15) is 4.90 Å². The average molecular weight is 311 g/mol. The second-order valence-electron chi connectivity index (χ2n) is 4.18. The summed E-state index contributed by atoms with van der Waals surface area (Å²) in [5, 5.41) is 4.03. The zero-order valence-corrected chi connectivity index (χ0v) is 13.3. The van der Waals surface area contributed by atoms with Gasteiger partial charge in [-0.3, -0.25) is 8.99 Å². The van der Waals surface area contributed by atoms with E-state index in [2.05, 4.69) is 5.10 Å². The van der Waals surface area contributed by atoms with Gasteiger partial charge < -0.3 is 0 Å². The van der Waals surface area contributed by atoms with Crippen molar-refractivity contribution in [3.8, 4) is 0 Å². The molecule has 0 saturated carbocycles. The van der Waals surface area contributed by atoms with Gasteiger partial charge in [0.2, 0.25) is 0 Å². The zero-order valence-electron chi connectivity index (χ0n) is 11.6. The Morgan fingerprint density at radius 2 is 2.05 bits per heavy atom. The molecule has 0 aliphatic heterocycles. The van der Waals surface area contributed by atoms with E-state index in [1.807, 2.05) is 31.4 Å². The summed E-state index contributed by atoms with van der Waals surface area (Å²) >= 11 is 1.52. The van der Waals surface area contributed by atoms with Crippen LogP contribution in [0.1, 0.15) is 6.92 Å². The van der Waals surface area contributed by atoms with Gasteiger partial charge in [-0.15, -0.1) is 11.8 Å². The molecule has 0 aliphatic carbocycles. The van der Waals surface area contributed by atoms with Gasteiger partial charge in [-0.05, 0) is 25.3 Å². The molecule has 0 aliphatic rings. The minimum absolute atomic E-state index is 0.206. The van der Waals surface area contributed by atoms with Crippen molar-refractivity contribution in [3.05, 3.63) is 36.7 Å². The lowest BCUT2D eigenvalue weighted by Gasteiger charge is -2.20. The molecule has 20 heavy (non-hydrogen) atoms. The van der Waals surface area contributed by atoms with Crippen LogP contribution >= 0.6 is 11.8 Å². The van der Waals surface area contributed by atoms with E-state index in [4.69, 9.17) is 0 Å². The molecule has 0 bridgehead atoms. The van der Waals surface area contributed by atoms with Crippen LogP contribution in [0.4, 0.5) is 5.69 Å². The standard InChI is InChI=1S/C13H17N3O2S2/c1-4-16-10-11(9-14-16)20(17,18)15(2)12-7-5-6-8-13(12)19-3/h5-10H,4H2,1-3H3. The van der Waals surface area contributed by atoms with Gasteiger partial charge in [0.25, 0.3) is 10.0 Å². The number of rotatable bonds is 5. The Labute approximate surface area is 123 Å². The summed E-state index contributed by atoms with van der Waals surface area (Å²) in [6.45, 7) is 2.55. The maximum Gasteiger partial charge on any atom is 0.267 e. The van der Waals surface area contributed by atoms with Gasteiger partial charge in [0, 0.05) is 24.7 Å². The minimum atomic E-state index is -3.58. The third kappa shape index (κ3) is 2.69. The van der Waals surface area contributed by atoms with Crippen molar-refractivity contribution in [3.63, 3.8) is 0 Å². The molecule has 2 rings (SSSR count). The average Bonchev–Trinajstić information content (AvgIpc) is 2.96. The van der Waals surface area contributed by atoms with Crippen LogP contribution in [0.25, 0.3) is 0 Å².